The second-order valence-corrected chi connectivity index (χ2v) is 21.3. The number of hydrogen-bond acceptors (Lipinski definition) is 14. The van der Waals surface area contributed by atoms with Gasteiger partial charge < -0.3 is 29.4 Å². The van der Waals surface area contributed by atoms with Crippen molar-refractivity contribution in [3.8, 4) is 17.2 Å². The number of nitrogens with zero attached hydrogens (tertiary/aromatic N) is 2. The smallest absolute Gasteiger partial charge is 0.508 e. The van der Waals surface area contributed by atoms with Gasteiger partial charge in [0, 0.05) is 32.4 Å². The largest absolute Gasteiger partial charge is 0.513 e. The molecule has 65 heavy (non-hydrogen) atoms. The molecule has 0 amide bonds. The predicted octanol–water partition coefficient (Wildman–Crippen LogP) is 11.1. The van der Waals surface area contributed by atoms with E-state index in [1.54, 1.807) is 44.2 Å². The molecular weight excluding hydrogens is 949 g/mol. The number of phenols is 1. The van der Waals surface area contributed by atoms with Crippen LogP contribution in [0, 0.1) is 20.2 Å². The van der Waals surface area contributed by atoms with E-state index in [0.29, 0.717) is 6.42 Å². The van der Waals surface area contributed by atoms with Crippen LogP contribution < -0.4 is 19.9 Å². The Hall–Kier alpha value is -5.51. The van der Waals surface area contributed by atoms with E-state index in [1.807, 2.05) is 74.5 Å². The lowest BCUT2D eigenvalue weighted by atomic mass is 10.1. The Bertz CT molecular complexity index is 2300. The number of phenolic OH excluding ortho intramolecular Hbond substituents is 1. The highest BCUT2D eigenvalue weighted by molar-refractivity contribution is 8.08. The standard InChI is InChI=1S/C24H25N2O7P.C12H17NO2.C6H5NO3.CH3Cl2OP.ClH.H2/c1-18(2)31-24(27)23(17-19-9-5-3-6-10-19)25-34(30,32-21-11-7-4-8-12-21)33-22-15-13-20(14-16-22)26(28)29;1-9(2)15-12(14)11(13)8-10-6-4-3-5-7-10;8-6-3-1-5(2-4-6)7(9)10;1-5(2,3)4;;/h3-16,18,23H,17H2,1-2H3,(H,25,30);3-7,9,11H,8,13H2,1-2H3;1-4,8H;1H3;2*1H/t23-,34?;11-;;;;/m00..../s1. The van der Waals surface area contributed by atoms with Crippen LogP contribution in [0.3, 0.4) is 0 Å². The number of hydrogen-bond donors (Lipinski definition) is 3. The highest BCUT2D eigenvalue weighted by Crippen LogP contribution is 2.52. The molecule has 3 atom stereocenters. The number of esters is 2. The average Bonchev–Trinajstić information content (AvgIpc) is 3.21. The number of carbonyl (C=O) groups excluding carboxylic acids is 2. The van der Waals surface area contributed by atoms with Gasteiger partial charge >= 0.3 is 19.7 Å². The summed E-state index contributed by atoms with van der Waals surface area (Å²) in [6.45, 7) is 8.33. The van der Waals surface area contributed by atoms with Crippen molar-refractivity contribution in [2.75, 3.05) is 6.66 Å². The lowest BCUT2D eigenvalue weighted by Gasteiger charge is -2.25. The summed E-state index contributed by atoms with van der Waals surface area (Å²) in [6, 6.07) is 35.6. The molecule has 4 N–H and O–H groups in total. The summed E-state index contributed by atoms with van der Waals surface area (Å²) in [5.41, 5.74) is 7.41. The second-order valence-electron chi connectivity index (χ2n) is 13.9. The van der Waals surface area contributed by atoms with E-state index >= 15 is 0 Å². The zero-order valence-electron chi connectivity index (χ0n) is 35.9. The SMILES string of the molecule is CC(C)OC(=O)[C@@H](N)Cc1ccccc1.CC(C)OC(=O)[C@H](Cc1ccccc1)NP(=O)(Oc1ccccc1)Oc1ccc([N+](=O)[O-])cc1.CP(=O)(Cl)Cl.Cl.O=[N+]([O-])c1ccc(O)cc1.[HH]. The molecule has 17 nitrogen and oxygen atoms in total. The molecule has 0 aliphatic carbocycles. The normalized spacial score (nSPS) is 12.3. The molecule has 0 radical (unpaired) electrons. The monoisotopic (exact) mass is 1000 g/mol. The van der Waals surface area contributed by atoms with Gasteiger partial charge in [-0.05, 0) is 111 Å². The van der Waals surface area contributed by atoms with Gasteiger partial charge in [-0.1, -0.05) is 78.9 Å². The maximum absolute atomic E-state index is 13.9. The van der Waals surface area contributed by atoms with Gasteiger partial charge in [0.1, 0.15) is 29.3 Å². The number of aromatic hydroxyl groups is 1. The van der Waals surface area contributed by atoms with Gasteiger partial charge in [-0.15, -0.1) is 12.4 Å². The molecule has 0 aliphatic heterocycles. The second kappa shape index (κ2) is 29.1. The Morgan fingerprint density at radius 2 is 1.02 bits per heavy atom. The van der Waals surface area contributed by atoms with Crippen molar-refractivity contribution in [2.45, 2.75) is 64.8 Å². The van der Waals surface area contributed by atoms with Crippen molar-refractivity contribution in [1.82, 2.24) is 5.09 Å². The Balaban J connectivity index is 0.00000108. The first kappa shape index (κ1) is 57.5. The van der Waals surface area contributed by atoms with Gasteiger partial charge in [0.25, 0.3) is 11.4 Å². The maximum atomic E-state index is 13.9. The van der Waals surface area contributed by atoms with Crippen LogP contribution in [0.5, 0.6) is 17.2 Å². The third-order valence-corrected chi connectivity index (χ3v) is 9.02. The van der Waals surface area contributed by atoms with Gasteiger partial charge in [-0.25, -0.2) is 4.57 Å². The maximum Gasteiger partial charge on any atom is 0.513 e. The molecule has 5 rings (SSSR count). The minimum atomic E-state index is -4.21. The zero-order chi connectivity index (χ0) is 47.9. The average molecular weight is 1000 g/mol. The first-order valence-corrected chi connectivity index (χ1v) is 24.8. The fourth-order valence-electron chi connectivity index (χ4n) is 4.84. The van der Waals surface area contributed by atoms with Crippen LogP contribution in [-0.4, -0.2) is 57.8 Å². The number of halogens is 3. The number of non-ortho nitro benzene ring substituents is 2. The van der Waals surface area contributed by atoms with Crippen molar-refractivity contribution in [1.29, 1.82) is 0 Å². The van der Waals surface area contributed by atoms with Crippen molar-refractivity contribution >= 4 is 71.8 Å². The Kier molecular flexibility index (Phi) is 25.8. The van der Waals surface area contributed by atoms with Crippen LogP contribution in [0.15, 0.2) is 140 Å². The highest BCUT2D eigenvalue weighted by atomic mass is 35.9. The summed E-state index contributed by atoms with van der Waals surface area (Å²) in [7, 11) is -4.21. The van der Waals surface area contributed by atoms with E-state index in [-0.39, 0.29) is 61.0 Å². The molecule has 0 spiro atoms. The minimum Gasteiger partial charge on any atom is -0.508 e. The summed E-state index contributed by atoms with van der Waals surface area (Å²) in [5, 5.41) is 32.4. The van der Waals surface area contributed by atoms with Crippen LogP contribution in [0.2, 0.25) is 0 Å². The van der Waals surface area contributed by atoms with E-state index < -0.39 is 47.6 Å². The molecular formula is C43H53Cl3N4O13P2. The van der Waals surface area contributed by atoms with Crippen LogP contribution in [0.1, 0.15) is 40.2 Å². The number of nitro groups is 2. The first-order chi connectivity index (χ1) is 30.0. The molecule has 0 bridgehead atoms. The summed E-state index contributed by atoms with van der Waals surface area (Å²) in [4.78, 5) is 44.2. The van der Waals surface area contributed by atoms with E-state index in [0.717, 1.165) is 11.1 Å². The summed E-state index contributed by atoms with van der Waals surface area (Å²) in [5.74, 6) is -3.31. The lowest BCUT2D eigenvalue weighted by Crippen LogP contribution is -2.40. The van der Waals surface area contributed by atoms with E-state index in [9.17, 15) is 38.9 Å². The van der Waals surface area contributed by atoms with Crippen molar-refractivity contribution in [3.05, 3.63) is 171 Å². The number of ether oxygens (including phenoxy) is 2. The number of para-hydroxylation sites is 1. The zero-order valence-corrected chi connectivity index (χ0v) is 40.0. The topological polar surface area (TPSA) is 250 Å². The predicted molar refractivity (Wildman–Crippen MR) is 255 cm³/mol. The minimum absolute atomic E-state index is 0. The van der Waals surface area contributed by atoms with Crippen LogP contribution in [-0.2, 0) is 41.0 Å². The number of benzene rings is 5. The summed E-state index contributed by atoms with van der Waals surface area (Å²) >= 11 is 9.70. The summed E-state index contributed by atoms with van der Waals surface area (Å²) in [6.07, 6.45) is 0.182. The first-order valence-electron chi connectivity index (χ1n) is 19.2. The van der Waals surface area contributed by atoms with Crippen LogP contribution >= 0.6 is 48.5 Å². The third-order valence-electron chi connectivity index (χ3n) is 7.49. The van der Waals surface area contributed by atoms with Crippen molar-refractivity contribution < 1.29 is 53.6 Å². The van der Waals surface area contributed by atoms with E-state index in [2.05, 4.69) is 5.09 Å². The number of nitro benzene ring substituents is 2. The number of rotatable bonds is 16. The molecule has 1 unspecified atom stereocenters. The number of nitrogens with one attached hydrogen (secondary N) is 1. The Morgan fingerprint density at radius 1 is 0.662 bits per heavy atom. The van der Waals surface area contributed by atoms with E-state index in [4.69, 9.17) is 51.8 Å². The van der Waals surface area contributed by atoms with Gasteiger partial charge in [0.05, 0.1) is 22.1 Å². The molecule has 354 valence electrons. The number of carbonyl (C=O) groups is 2. The third kappa shape index (κ3) is 25.5. The summed E-state index contributed by atoms with van der Waals surface area (Å²) < 4.78 is 45.3. The fourth-order valence-corrected chi connectivity index (χ4v) is 6.36. The molecule has 22 heteroatoms. The number of nitrogens with two attached hydrogens (primary N) is 1. The van der Waals surface area contributed by atoms with Gasteiger partial charge in [-0.3, -0.25) is 34.4 Å². The molecule has 5 aromatic rings. The van der Waals surface area contributed by atoms with Crippen molar-refractivity contribution in [3.63, 3.8) is 0 Å². The van der Waals surface area contributed by atoms with Crippen molar-refractivity contribution in [2.24, 2.45) is 5.73 Å². The highest BCUT2D eigenvalue weighted by Gasteiger charge is 2.36. The van der Waals surface area contributed by atoms with Crippen LogP contribution in [0.25, 0.3) is 0 Å². The lowest BCUT2D eigenvalue weighted by molar-refractivity contribution is -0.385. The van der Waals surface area contributed by atoms with Gasteiger partial charge in [-0.2, -0.15) is 5.09 Å². The molecule has 0 fully saturated rings. The Labute approximate surface area is 394 Å². The van der Waals surface area contributed by atoms with Gasteiger partial charge in [0.15, 0.2) is 0 Å². The molecule has 5 aromatic carbocycles. The van der Waals surface area contributed by atoms with E-state index in [1.165, 1.54) is 55.2 Å². The molecule has 0 aliphatic rings. The Morgan fingerprint density at radius 3 is 1.42 bits per heavy atom. The molecule has 0 aromatic heterocycles. The molecule has 0 saturated carbocycles. The fraction of sp³-hybridized carbons (Fsp3) is 0.256. The quantitative estimate of drug-likeness (QED) is 0.0360. The van der Waals surface area contributed by atoms with Crippen LogP contribution in [0.4, 0.5) is 11.4 Å². The molecule has 0 heterocycles. The van der Waals surface area contributed by atoms with Gasteiger partial charge in [0.2, 0.25) is 5.85 Å². The molecule has 0 saturated heterocycles.